The number of hydrogen-bond donors (Lipinski definition) is 2. The zero-order chi connectivity index (χ0) is 19.4. The van der Waals surface area contributed by atoms with E-state index in [0.717, 1.165) is 29.6 Å². The van der Waals surface area contributed by atoms with Crippen molar-refractivity contribution in [2.45, 2.75) is 97.9 Å². The van der Waals surface area contributed by atoms with E-state index in [1.807, 2.05) is 0 Å². The SMILES string of the molecule is CCCC1(CC23CC(N)C2C3)C(C)CC(C)CC(CCNC)CC2(C)CC21. The molecule has 0 radical (unpaired) electrons. The summed E-state index contributed by atoms with van der Waals surface area (Å²) in [6.07, 6.45) is 14.4. The van der Waals surface area contributed by atoms with E-state index in [1.165, 1.54) is 70.8 Å². The Kier molecular flexibility index (Phi) is 5.25. The number of nitrogens with two attached hydrogens (primary N) is 1. The first-order chi connectivity index (χ1) is 12.8. The molecule has 0 aliphatic heterocycles. The van der Waals surface area contributed by atoms with Crippen LogP contribution in [0.5, 0.6) is 0 Å². The fourth-order valence-corrected chi connectivity index (χ4v) is 8.56. The van der Waals surface area contributed by atoms with Gasteiger partial charge in [0.1, 0.15) is 0 Å². The summed E-state index contributed by atoms with van der Waals surface area (Å²) in [4.78, 5) is 0. The molecule has 3 N–H and O–H groups in total. The first-order valence-electron chi connectivity index (χ1n) is 12.2. The summed E-state index contributed by atoms with van der Waals surface area (Å²) in [6.45, 7) is 11.5. The van der Waals surface area contributed by atoms with Crippen LogP contribution in [0.25, 0.3) is 0 Å². The fourth-order valence-electron chi connectivity index (χ4n) is 8.56. The second-order valence-corrected chi connectivity index (χ2v) is 12.1. The molecule has 0 saturated heterocycles. The molecule has 0 bridgehead atoms. The van der Waals surface area contributed by atoms with Crippen LogP contribution in [-0.4, -0.2) is 19.6 Å². The summed E-state index contributed by atoms with van der Waals surface area (Å²) < 4.78 is 0. The molecular formula is C25H46N2. The highest BCUT2D eigenvalue weighted by Crippen LogP contribution is 2.77. The molecule has 2 nitrogen and oxygen atoms in total. The maximum atomic E-state index is 6.34. The van der Waals surface area contributed by atoms with Gasteiger partial charge in [0.2, 0.25) is 0 Å². The van der Waals surface area contributed by atoms with E-state index >= 15 is 0 Å². The van der Waals surface area contributed by atoms with Gasteiger partial charge < -0.3 is 11.1 Å². The molecular weight excluding hydrogens is 328 g/mol. The number of nitrogens with one attached hydrogen (secondary N) is 1. The molecule has 4 saturated carbocycles. The maximum Gasteiger partial charge on any atom is 0.00780 e. The molecule has 156 valence electrons. The second-order valence-electron chi connectivity index (χ2n) is 12.1. The molecule has 0 aromatic heterocycles. The standard InChI is InChI=1S/C25H46N2/c1-6-8-25(16-24-13-20(24)21(26)14-24)18(3)10-17(2)11-19(7-9-27-5)12-23(4)15-22(23)25/h17-22,27H,6-16,26H2,1-5H3. The Hall–Kier alpha value is -0.0800. The van der Waals surface area contributed by atoms with E-state index in [-0.39, 0.29) is 0 Å². The molecule has 4 fully saturated rings. The fraction of sp³-hybridized carbons (Fsp3) is 1.00. The highest BCUT2D eigenvalue weighted by Gasteiger charge is 2.71. The first-order valence-corrected chi connectivity index (χ1v) is 12.2. The lowest BCUT2D eigenvalue weighted by Gasteiger charge is -2.47. The first kappa shape index (κ1) is 20.2. The molecule has 9 unspecified atom stereocenters. The Morgan fingerprint density at radius 1 is 1.07 bits per heavy atom. The third-order valence-corrected chi connectivity index (χ3v) is 9.88. The lowest BCUT2D eigenvalue weighted by Crippen LogP contribution is -2.44. The largest absolute Gasteiger partial charge is 0.327 e. The molecule has 2 heteroatoms. The Bertz CT molecular complexity index is 546. The van der Waals surface area contributed by atoms with Gasteiger partial charge in [0, 0.05) is 6.04 Å². The third kappa shape index (κ3) is 3.41. The summed E-state index contributed by atoms with van der Waals surface area (Å²) in [5.41, 5.74) is 8.24. The van der Waals surface area contributed by atoms with Crippen LogP contribution in [0.1, 0.15) is 91.9 Å². The zero-order valence-corrected chi connectivity index (χ0v) is 18.8. The molecule has 0 heterocycles. The van der Waals surface area contributed by atoms with E-state index in [2.05, 4.69) is 40.1 Å². The molecule has 4 rings (SSSR count). The van der Waals surface area contributed by atoms with Gasteiger partial charge in [-0.05, 0) is 117 Å². The Labute approximate surface area is 168 Å². The lowest BCUT2D eigenvalue weighted by molar-refractivity contribution is 0.0229. The minimum Gasteiger partial charge on any atom is -0.327 e. The van der Waals surface area contributed by atoms with Crippen molar-refractivity contribution in [1.29, 1.82) is 0 Å². The topological polar surface area (TPSA) is 38.0 Å². The van der Waals surface area contributed by atoms with Crippen LogP contribution >= 0.6 is 0 Å². The van der Waals surface area contributed by atoms with Crippen molar-refractivity contribution in [2.75, 3.05) is 13.6 Å². The minimum absolute atomic E-state index is 0.533. The highest BCUT2D eigenvalue weighted by atomic mass is 14.9. The van der Waals surface area contributed by atoms with E-state index in [4.69, 9.17) is 5.73 Å². The normalized spacial score (nSPS) is 54.0. The van der Waals surface area contributed by atoms with E-state index in [9.17, 15) is 0 Å². The van der Waals surface area contributed by atoms with Crippen molar-refractivity contribution in [3.63, 3.8) is 0 Å². The van der Waals surface area contributed by atoms with Crippen LogP contribution in [0, 0.1) is 45.8 Å². The highest BCUT2D eigenvalue weighted by molar-refractivity contribution is 5.22. The van der Waals surface area contributed by atoms with E-state index < -0.39 is 0 Å². The van der Waals surface area contributed by atoms with Crippen molar-refractivity contribution in [3.05, 3.63) is 0 Å². The van der Waals surface area contributed by atoms with Gasteiger partial charge in [-0.15, -0.1) is 0 Å². The molecule has 0 aromatic rings. The van der Waals surface area contributed by atoms with Gasteiger partial charge in [-0.1, -0.05) is 34.1 Å². The molecule has 0 spiro atoms. The molecule has 9 atom stereocenters. The maximum absolute atomic E-state index is 6.34. The Morgan fingerprint density at radius 3 is 2.44 bits per heavy atom. The summed E-state index contributed by atoms with van der Waals surface area (Å²) in [7, 11) is 2.11. The summed E-state index contributed by atoms with van der Waals surface area (Å²) in [6, 6.07) is 0.533. The van der Waals surface area contributed by atoms with Crippen molar-refractivity contribution in [1.82, 2.24) is 5.32 Å². The monoisotopic (exact) mass is 374 g/mol. The molecule has 27 heavy (non-hydrogen) atoms. The van der Waals surface area contributed by atoms with Gasteiger partial charge >= 0.3 is 0 Å². The predicted octanol–water partition coefficient (Wildman–Crippen LogP) is 5.61. The van der Waals surface area contributed by atoms with E-state index in [1.54, 1.807) is 0 Å². The van der Waals surface area contributed by atoms with Gasteiger partial charge in [0.05, 0.1) is 0 Å². The molecule has 0 aromatic carbocycles. The van der Waals surface area contributed by atoms with Crippen LogP contribution in [0.2, 0.25) is 0 Å². The van der Waals surface area contributed by atoms with Crippen LogP contribution in [-0.2, 0) is 0 Å². The quantitative estimate of drug-likeness (QED) is 0.608. The van der Waals surface area contributed by atoms with Crippen LogP contribution in [0.15, 0.2) is 0 Å². The lowest BCUT2D eigenvalue weighted by atomic mass is 9.58. The van der Waals surface area contributed by atoms with Crippen molar-refractivity contribution >= 4 is 0 Å². The van der Waals surface area contributed by atoms with Gasteiger partial charge in [0.25, 0.3) is 0 Å². The Balaban J connectivity index is 1.58. The van der Waals surface area contributed by atoms with Gasteiger partial charge in [0.15, 0.2) is 0 Å². The molecule has 0 amide bonds. The minimum atomic E-state index is 0.533. The average Bonchev–Trinajstić information content (AvgIpc) is 3.44. The third-order valence-electron chi connectivity index (χ3n) is 9.88. The number of fused-ring (bicyclic) bond motifs is 2. The summed E-state index contributed by atoms with van der Waals surface area (Å²) in [5.74, 6) is 4.56. The zero-order valence-electron chi connectivity index (χ0n) is 18.8. The molecule has 4 aliphatic rings. The Morgan fingerprint density at radius 2 is 1.85 bits per heavy atom. The van der Waals surface area contributed by atoms with Gasteiger partial charge in [-0.3, -0.25) is 0 Å². The van der Waals surface area contributed by atoms with Crippen molar-refractivity contribution in [2.24, 2.45) is 51.6 Å². The van der Waals surface area contributed by atoms with E-state index in [0.29, 0.717) is 22.3 Å². The van der Waals surface area contributed by atoms with Crippen LogP contribution in [0.3, 0.4) is 0 Å². The van der Waals surface area contributed by atoms with Gasteiger partial charge in [-0.25, -0.2) is 0 Å². The van der Waals surface area contributed by atoms with Crippen LogP contribution < -0.4 is 11.1 Å². The number of hydrogen-bond acceptors (Lipinski definition) is 2. The smallest absolute Gasteiger partial charge is 0.00780 e. The van der Waals surface area contributed by atoms with Crippen LogP contribution in [0.4, 0.5) is 0 Å². The predicted molar refractivity (Wildman–Crippen MR) is 116 cm³/mol. The summed E-state index contributed by atoms with van der Waals surface area (Å²) >= 11 is 0. The van der Waals surface area contributed by atoms with Gasteiger partial charge in [-0.2, -0.15) is 0 Å². The number of rotatable bonds is 7. The average molecular weight is 375 g/mol. The molecule has 4 aliphatic carbocycles. The van der Waals surface area contributed by atoms with Crippen molar-refractivity contribution < 1.29 is 0 Å². The second kappa shape index (κ2) is 7.01. The summed E-state index contributed by atoms with van der Waals surface area (Å²) in [5, 5.41) is 3.41. The van der Waals surface area contributed by atoms with Crippen molar-refractivity contribution in [3.8, 4) is 0 Å².